The van der Waals surface area contributed by atoms with Crippen molar-refractivity contribution < 1.29 is 0 Å². The summed E-state index contributed by atoms with van der Waals surface area (Å²) < 4.78 is 0. The number of nitrogens with zero attached hydrogens (tertiary/aromatic N) is 1. The molecule has 0 radical (unpaired) electrons. The first-order chi connectivity index (χ1) is 9.29. The summed E-state index contributed by atoms with van der Waals surface area (Å²) in [5, 5.41) is 0. The third kappa shape index (κ3) is 5.64. The summed E-state index contributed by atoms with van der Waals surface area (Å²) in [4.78, 5) is 2.43. The third-order valence-corrected chi connectivity index (χ3v) is 4.03. The van der Waals surface area contributed by atoms with Gasteiger partial charge in [-0.2, -0.15) is 0 Å². The SMILES string of the molecule is Cc1cc(C)cc(C(N)CCN(C)C(C)CC(C)C)c1. The molecular weight excluding hydrogens is 244 g/mol. The van der Waals surface area contributed by atoms with Gasteiger partial charge in [-0.05, 0) is 58.7 Å². The normalized spacial score (nSPS) is 14.8. The van der Waals surface area contributed by atoms with Crippen molar-refractivity contribution in [3.8, 4) is 0 Å². The average Bonchev–Trinajstić information content (AvgIpc) is 2.33. The molecule has 0 aliphatic rings. The lowest BCUT2D eigenvalue weighted by molar-refractivity contribution is 0.221. The van der Waals surface area contributed by atoms with E-state index in [9.17, 15) is 0 Å². The monoisotopic (exact) mass is 276 g/mol. The van der Waals surface area contributed by atoms with E-state index in [4.69, 9.17) is 5.73 Å². The maximum atomic E-state index is 6.36. The fourth-order valence-electron chi connectivity index (χ4n) is 2.82. The van der Waals surface area contributed by atoms with Gasteiger partial charge >= 0.3 is 0 Å². The van der Waals surface area contributed by atoms with Crippen molar-refractivity contribution in [1.82, 2.24) is 4.90 Å². The lowest BCUT2D eigenvalue weighted by atomic mass is 9.99. The minimum Gasteiger partial charge on any atom is -0.324 e. The van der Waals surface area contributed by atoms with Crippen molar-refractivity contribution in [2.75, 3.05) is 13.6 Å². The molecule has 20 heavy (non-hydrogen) atoms. The van der Waals surface area contributed by atoms with Crippen LogP contribution in [0.4, 0.5) is 0 Å². The first-order valence-electron chi connectivity index (χ1n) is 7.83. The maximum absolute atomic E-state index is 6.36. The van der Waals surface area contributed by atoms with Crippen LogP contribution in [0.2, 0.25) is 0 Å². The average molecular weight is 276 g/mol. The van der Waals surface area contributed by atoms with Crippen molar-refractivity contribution >= 4 is 0 Å². The van der Waals surface area contributed by atoms with E-state index in [-0.39, 0.29) is 6.04 Å². The summed E-state index contributed by atoms with van der Waals surface area (Å²) >= 11 is 0. The topological polar surface area (TPSA) is 29.3 Å². The van der Waals surface area contributed by atoms with Crippen molar-refractivity contribution in [1.29, 1.82) is 0 Å². The van der Waals surface area contributed by atoms with Crippen LogP contribution >= 0.6 is 0 Å². The second-order valence-corrected chi connectivity index (χ2v) is 6.78. The summed E-state index contributed by atoms with van der Waals surface area (Å²) in [5.74, 6) is 0.751. The summed E-state index contributed by atoms with van der Waals surface area (Å²) in [6.45, 7) is 12.2. The highest BCUT2D eigenvalue weighted by Gasteiger charge is 2.13. The molecule has 0 aromatic heterocycles. The Hall–Kier alpha value is -0.860. The third-order valence-electron chi connectivity index (χ3n) is 4.03. The predicted octanol–water partition coefficient (Wildman–Crippen LogP) is 4.06. The zero-order valence-corrected chi connectivity index (χ0v) is 14.1. The molecule has 1 aromatic carbocycles. The van der Waals surface area contributed by atoms with Crippen LogP contribution < -0.4 is 5.73 Å². The fourth-order valence-corrected chi connectivity index (χ4v) is 2.82. The first kappa shape index (κ1) is 17.2. The van der Waals surface area contributed by atoms with Crippen LogP contribution in [-0.2, 0) is 0 Å². The summed E-state index contributed by atoms with van der Waals surface area (Å²) in [5.41, 5.74) is 10.2. The lowest BCUT2D eigenvalue weighted by Crippen LogP contribution is -2.32. The standard InChI is InChI=1S/C18H32N2/c1-13(2)9-16(5)20(6)8-7-18(19)17-11-14(3)10-15(4)12-17/h10-13,16,18H,7-9,19H2,1-6H3. The molecule has 0 aliphatic heterocycles. The number of benzene rings is 1. The van der Waals surface area contributed by atoms with Crippen LogP contribution in [0.25, 0.3) is 0 Å². The lowest BCUT2D eigenvalue weighted by Gasteiger charge is -2.27. The van der Waals surface area contributed by atoms with E-state index in [1.54, 1.807) is 0 Å². The quantitative estimate of drug-likeness (QED) is 0.813. The Morgan fingerprint density at radius 1 is 1.05 bits per heavy atom. The molecule has 0 bridgehead atoms. The zero-order valence-electron chi connectivity index (χ0n) is 14.1. The Kier molecular flexibility index (Phi) is 6.70. The van der Waals surface area contributed by atoms with Gasteiger partial charge in [0.05, 0.1) is 0 Å². The number of hydrogen-bond acceptors (Lipinski definition) is 2. The highest BCUT2D eigenvalue weighted by atomic mass is 15.1. The van der Waals surface area contributed by atoms with Gasteiger partial charge in [-0.3, -0.25) is 0 Å². The van der Waals surface area contributed by atoms with Gasteiger partial charge in [0, 0.05) is 12.1 Å². The van der Waals surface area contributed by atoms with Gasteiger partial charge in [0.1, 0.15) is 0 Å². The second-order valence-electron chi connectivity index (χ2n) is 6.78. The molecule has 0 aliphatic carbocycles. The largest absolute Gasteiger partial charge is 0.324 e. The van der Waals surface area contributed by atoms with Crippen LogP contribution in [0.3, 0.4) is 0 Å². The van der Waals surface area contributed by atoms with E-state index >= 15 is 0 Å². The van der Waals surface area contributed by atoms with Crippen molar-refractivity contribution in [3.05, 3.63) is 34.9 Å². The zero-order chi connectivity index (χ0) is 15.3. The molecule has 0 fully saturated rings. The minimum absolute atomic E-state index is 0.141. The van der Waals surface area contributed by atoms with Gasteiger partial charge in [-0.25, -0.2) is 0 Å². The predicted molar refractivity (Wildman–Crippen MR) is 89.0 cm³/mol. The Bertz CT molecular complexity index is 392. The summed E-state index contributed by atoms with van der Waals surface area (Å²) in [7, 11) is 2.21. The highest BCUT2D eigenvalue weighted by Crippen LogP contribution is 2.19. The molecule has 0 saturated carbocycles. The van der Waals surface area contributed by atoms with Gasteiger partial charge in [0.25, 0.3) is 0 Å². The number of nitrogens with two attached hydrogens (primary N) is 1. The molecule has 1 aromatic rings. The van der Waals surface area contributed by atoms with Crippen molar-refractivity contribution in [3.63, 3.8) is 0 Å². The number of aryl methyl sites for hydroxylation is 2. The van der Waals surface area contributed by atoms with Gasteiger partial charge in [-0.1, -0.05) is 43.2 Å². The van der Waals surface area contributed by atoms with Crippen LogP contribution in [0.1, 0.15) is 56.3 Å². The van der Waals surface area contributed by atoms with Crippen molar-refractivity contribution in [2.45, 2.75) is 59.5 Å². The van der Waals surface area contributed by atoms with Gasteiger partial charge in [0.2, 0.25) is 0 Å². The Morgan fingerprint density at radius 2 is 1.60 bits per heavy atom. The van der Waals surface area contributed by atoms with Gasteiger partial charge in [-0.15, -0.1) is 0 Å². The maximum Gasteiger partial charge on any atom is 0.0307 e. The van der Waals surface area contributed by atoms with E-state index in [2.05, 4.69) is 64.8 Å². The molecule has 0 spiro atoms. The molecular formula is C18H32N2. The molecule has 2 unspecified atom stereocenters. The summed E-state index contributed by atoms with van der Waals surface area (Å²) in [6.07, 6.45) is 2.26. The molecule has 1 rings (SSSR count). The number of rotatable bonds is 7. The van der Waals surface area contributed by atoms with Crippen LogP contribution in [0.15, 0.2) is 18.2 Å². The number of hydrogen-bond donors (Lipinski definition) is 1. The van der Waals surface area contributed by atoms with Gasteiger partial charge in [0.15, 0.2) is 0 Å². The molecule has 114 valence electrons. The molecule has 2 atom stereocenters. The highest BCUT2D eigenvalue weighted by molar-refractivity contribution is 5.30. The fraction of sp³-hybridized carbons (Fsp3) is 0.667. The van der Waals surface area contributed by atoms with E-state index in [1.807, 2.05) is 0 Å². The molecule has 2 N–H and O–H groups in total. The molecule has 2 heteroatoms. The molecule has 0 saturated heterocycles. The molecule has 0 amide bonds. The van der Waals surface area contributed by atoms with Crippen LogP contribution in [0, 0.1) is 19.8 Å². The van der Waals surface area contributed by atoms with Crippen LogP contribution in [-0.4, -0.2) is 24.5 Å². The smallest absolute Gasteiger partial charge is 0.0307 e. The Balaban J connectivity index is 2.52. The van der Waals surface area contributed by atoms with Crippen molar-refractivity contribution in [2.24, 2.45) is 11.7 Å². The minimum atomic E-state index is 0.141. The second kappa shape index (κ2) is 7.80. The van der Waals surface area contributed by atoms with Gasteiger partial charge < -0.3 is 10.6 Å². The van der Waals surface area contributed by atoms with E-state index in [1.165, 1.54) is 23.1 Å². The Labute approximate surface area is 125 Å². The van der Waals surface area contributed by atoms with E-state index in [0.29, 0.717) is 6.04 Å². The first-order valence-corrected chi connectivity index (χ1v) is 7.83. The van der Waals surface area contributed by atoms with E-state index in [0.717, 1.165) is 18.9 Å². The molecule has 0 heterocycles. The molecule has 2 nitrogen and oxygen atoms in total. The van der Waals surface area contributed by atoms with Crippen LogP contribution in [0.5, 0.6) is 0 Å². The summed E-state index contributed by atoms with van der Waals surface area (Å²) in [6, 6.07) is 7.40. The van der Waals surface area contributed by atoms with E-state index < -0.39 is 0 Å². The Morgan fingerprint density at radius 3 is 2.10 bits per heavy atom.